The number of hydrogen-bond donors (Lipinski definition) is 1. The number of carboxylic acid groups (broad SMARTS) is 1. The second kappa shape index (κ2) is 7.34. The number of rotatable bonds is 7. The van der Waals surface area contributed by atoms with Crippen molar-refractivity contribution in [3.05, 3.63) is 0 Å². The van der Waals surface area contributed by atoms with E-state index in [0.717, 1.165) is 13.0 Å². The molecular weight excluding hydrogens is 180 g/mol. The third-order valence-electron chi connectivity index (χ3n) is 1.75. The van der Waals surface area contributed by atoms with Gasteiger partial charge >= 0.3 is 5.97 Å². The molecule has 0 atom stereocenters. The molecule has 0 rings (SSSR count). The molecule has 14 heavy (non-hydrogen) atoms. The summed E-state index contributed by atoms with van der Waals surface area (Å²) in [4.78, 5) is 12.4. The minimum Gasteiger partial charge on any atom is -0.480 e. The Kier molecular flexibility index (Phi) is 6.77. The summed E-state index contributed by atoms with van der Waals surface area (Å²) in [7, 11) is 0. The molecule has 0 amide bonds. The minimum atomic E-state index is -0.803. The maximum atomic E-state index is 10.5. The third-order valence-corrected chi connectivity index (χ3v) is 1.75. The van der Waals surface area contributed by atoms with Gasteiger partial charge in [0.2, 0.25) is 0 Å². The van der Waals surface area contributed by atoms with E-state index in [4.69, 9.17) is 10.4 Å². The standard InChI is InChI=1S/C10H18N2O2/c1-9(2)7-12(8-10(13)14)6-4-3-5-11/h9H,3-4,6-8H2,1-2H3,(H,13,14). The van der Waals surface area contributed by atoms with Crippen molar-refractivity contribution in [2.45, 2.75) is 26.7 Å². The first-order valence-electron chi connectivity index (χ1n) is 4.87. The zero-order valence-electron chi connectivity index (χ0n) is 8.86. The second-order valence-corrected chi connectivity index (χ2v) is 3.78. The van der Waals surface area contributed by atoms with Crippen LogP contribution in [0.15, 0.2) is 0 Å². The average molecular weight is 198 g/mol. The number of aliphatic carboxylic acids is 1. The molecule has 0 aliphatic rings. The Hall–Kier alpha value is -1.08. The zero-order chi connectivity index (χ0) is 11.0. The maximum Gasteiger partial charge on any atom is 0.317 e. The molecule has 80 valence electrons. The van der Waals surface area contributed by atoms with Crippen LogP contribution < -0.4 is 0 Å². The second-order valence-electron chi connectivity index (χ2n) is 3.78. The van der Waals surface area contributed by atoms with Crippen LogP contribution in [0.1, 0.15) is 26.7 Å². The Morgan fingerprint density at radius 2 is 2.21 bits per heavy atom. The van der Waals surface area contributed by atoms with E-state index in [1.54, 1.807) is 0 Å². The third kappa shape index (κ3) is 7.56. The van der Waals surface area contributed by atoms with Crippen molar-refractivity contribution in [1.82, 2.24) is 4.90 Å². The minimum absolute atomic E-state index is 0.0730. The lowest BCUT2D eigenvalue weighted by Gasteiger charge is -2.21. The average Bonchev–Trinajstić information content (AvgIpc) is 2.02. The maximum absolute atomic E-state index is 10.5. The highest BCUT2D eigenvalue weighted by Crippen LogP contribution is 2.00. The van der Waals surface area contributed by atoms with Crippen LogP contribution in [0.4, 0.5) is 0 Å². The molecule has 0 bridgehead atoms. The highest BCUT2D eigenvalue weighted by molar-refractivity contribution is 5.69. The first-order valence-corrected chi connectivity index (χ1v) is 4.87. The molecule has 0 saturated heterocycles. The molecule has 0 aromatic heterocycles. The molecule has 0 radical (unpaired) electrons. The lowest BCUT2D eigenvalue weighted by atomic mass is 10.2. The molecule has 0 aromatic carbocycles. The van der Waals surface area contributed by atoms with Gasteiger partial charge in [0.15, 0.2) is 0 Å². The number of nitriles is 1. The molecule has 0 fully saturated rings. The first kappa shape index (κ1) is 12.9. The fourth-order valence-electron chi connectivity index (χ4n) is 1.32. The van der Waals surface area contributed by atoms with E-state index >= 15 is 0 Å². The van der Waals surface area contributed by atoms with Crippen LogP contribution in [0, 0.1) is 17.2 Å². The fraction of sp³-hybridized carbons (Fsp3) is 0.800. The normalized spacial score (nSPS) is 10.5. The Bertz CT molecular complexity index is 209. The van der Waals surface area contributed by atoms with Gasteiger partial charge in [0, 0.05) is 13.0 Å². The van der Waals surface area contributed by atoms with Crippen molar-refractivity contribution in [2.75, 3.05) is 19.6 Å². The van der Waals surface area contributed by atoms with E-state index in [1.165, 1.54) is 0 Å². The Balaban J connectivity index is 3.85. The summed E-state index contributed by atoms with van der Waals surface area (Å²) in [5.41, 5.74) is 0. The van der Waals surface area contributed by atoms with E-state index in [9.17, 15) is 4.79 Å². The van der Waals surface area contributed by atoms with Crippen LogP contribution in [-0.2, 0) is 4.79 Å². The Morgan fingerprint density at radius 1 is 1.57 bits per heavy atom. The lowest BCUT2D eigenvalue weighted by Crippen LogP contribution is -2.33. The van der Waals surface area contributed by atoms with E-state index in [1.807, 2.05) is 4.90 Å². The van der Waals surface area contributed by atoms with Crippen LogP contribution >= 0.6 is 0 Å². The topological polar surface area (TPSA) is 64.3 Å². The number of hydrogen-bond acceptors (Lipinski definition) is 3. The number of carbonyl (C=O) groups is 1. The highest BCUT2D eigenvalue weighted by Gasteiger charge is 2.10. The summed E-state index contributed by atoms with van der Waals surface area (Å²) in [6.45, 7) is 5.65. The van der Waals surface area contributed by atoms with E-state index < -0.39 is 5.97 Å². The van der Waals surface area contributed by atoms with Crippen molar-refractivity contribution < 1.29 is 9.90 Å². The summed E-state index contributed by atoms with van der Waals surface area (Å²) in [5.74, 6) is -0.348. The Morgan fingerprint density at radius 3 is 2.64 bits per heavy atom. The first-order chi connectivity index (χ1) is 6.56. The van der Waals surface area contributed by atoms with Gasteiger partial charge in [-0.05, 0) is 18.9 Å². The molecular formula is C10H18N2O2. The molecule has 0 aliphatic heterocycles. The van der Waals surface area contributed by atoms with Crippen LogP contribution in [0.2, 0.25) is 0 Å². The summed E-state index contributed by atoms with van der Waals surface area (Å²) in [6, 6.07) is 2.06. The molecule has 0 saturated carbocycles. The smallest absolute Gasteiger partial charge is 0.317 e. The largest absolute Gasteiger partial charge is 0.480 e. The zero-order valence-corrected chi connectivity index (χ0v) is 8.86. The van der Waals surface area contributed by atoms with Crippen molar-refractivity contribution in [1.29, 1.82) is 5.26 Å². The highest BCUT2D eigenvalue weighted by atomic mass is 16.4. The van der Waals surface area contributed by atoms with Gasteiger partial charge in [-0.1, -0.05) is 13.8 Å². The molecule has 4 nitrogen and oxygen atoms in total. The quantitative estimate of drug-likeness (QED) is 0.627. The van der Waals surface area contributed by atoms with Crippen molar-refractivity contribution in [3.8, 4) is 6.07 Å². The SMILES string of the molecule is CC(C)CN(CCCC#N)CC(=O)O. The molecule has 0 aliphatic carbocycles. The molecule has 0 heterocycles. The predicted molar refractivity (Wildman–Crippen MR) is 53.8 cm³/mol. The van der Waals surface area contributed by atoms with Gasteiger partial charge in [-0.25, -0.2) is 0 Å². The van der Waals surface area contributed by atoms with Crippen molar-refractivity contribution in [2.24, 2.45) is 5.92 Å². The van der Waals surface area contributed by atoms with Gasteiger partial charge in [-0.2, -0.15) is 5.26 Å². The predicted octanol–water partition coefficient (Wildman–Crippen LogP) is 1.33. The lowest BCUT2D eigenvalue weighted by molar-refractivity contribution is -0.138. The van der Waals surface area contributed by atoms with Crippen LogP contribution in [0.5, 0.6) is 0 Å². The van der Waals surface area contributed by atoms with Crippen LogP contribution in [0.25, 0.3) is 0 Å². The molecule has 0 aromatic rings. The van der Waals surface area contributed by atoms with E-state index in [0.29, 0.717) is 18.9 Å². The van der Waals surface area contributed by atoms with Crippen LogP contribution in [0.3, 0.4) is 0 Å². The molecule has 0 unspecified atom stereocenters. The summed E-state index contributed by atoms with van der Waals surface area (Å²) in [5, 5.41) is 17.0. The molecule has 4 heteroatoms. The van der Waals surface area contributed by atoms with Crippen LogP contribution in [-0.4, -0.2) is 35.6 Å². The van der Waals surface area contributed by atoms with E-state index in [-0.39, 0.29) is 6.54 Å². The van der Waals surface area contributed by atoms with Gasteiger partial charge in [0.1, 0.15) is 0 Å². The van der Waals surface area contributed by atoms with Gasteiger partial charge in [0.05, 0.1) is 12.6 Å². The van der Waals surface area contributed by atoms with Crippen molar-refractivity contribution >= 4 is 5.97 Å². The summed E-state index contributed by atoms with van der Waals surface area (Å²) < 4.78 is 0. The Labute approximate surface area is 85.1 Å². The van der Waals surface area contributed by atoms with Gasteiger partial charge in [0.25, 0.3) is 0 Å². The van der Waals surface area contributed by atoms with E-state index in [2.05, 4.69) is 19.9 Å². The van der Waals surface area contributed by atoms with Gasteiger partial charge in [-0.15, -0.1) is 0 Å². The van der Waals surface area contributed by atoms with Crippen molar-refractivity contribution in [3.63, 3.8) is 0 Å². The molecule has 0 spiro atoms. The monoisotopic (exact) mass is 198 g/mol. The van der Waals surface area contributed by atoms with Gasteiger partial charge in [-0.3, -0.25) is 9.69 Å². The summed E-state index contributed by atoms with van der Waals surface area (Å²) in [6.07, 6.45) is 1.24. The van der Waals surface area contributed by atoms with Gasteiger partial charge < -0.3 is 5.11 Å². The number of unbranched alkanes of at least 4 members (excludes halogenated alkanes) is 1. The summed E-state index contributed by atoms with van der Waals surface area (Å²) >= 11 is 0. The molecule has 1 N–H and O–H groups in total. The number of nitrogens with zero attached hydrogens (tertiary/aromatic N) is 2. The fourth-order valence-corrected chi connectivity index (χ4v) is 1.32. The number of carboxylic acids is 1.